The lowest BCUT2D eigenvalue weighted by Crippen LogP contribution is -2.62. The molecule has 86 heavy (non-hydrogen) atoms. The molecule has 0 spiro atoms. The van der Waals surface area contributed by atoms with Crippen LogP contribution >= 0.6 is 0 Å². The van der Waals surface area contributed by atoms with Gasteiger partial charge in [0.25, 0.3) is 5.91 Å². The summed E-state index contributed by atoms with van der Waals surface area (Å²) in [6, 6.07) is 65.2. The summed E-state index contributed by atoms with van der Waals surface area (Å²) in [5.41, 5.74) is 6.42. The van der Waals surface area contributed by atoms with Crippen LogP contribution in [0.4, 0.5) is 4.39 Å². The molecule has 3 unspecified atom stereocenters. The number of carbonyl (C=O) groups is 2. The molecule has 0 bridgehead atoms. The van der Waals surface area contributed by atoms with Crippen molar-refractivity contribution in [3.8, 4) is 0 Å². The number of carbonyl (C=O) groups excluding carboxylic acids is 2. The van der Waals surface area contributed by atoms with E-state index in [2.05, 4.69) is 17.6 Å². The third-order valence-electron chi connectivity index (χ3n) is 15.4. The van der Waals surface area contributed by atoms with Gasteiger partial charge in [-0.05, 0) is 76.9 Å². The Balaban J connectivity index is 1.00. The van der Waals surface area contributed by atoms with Crippen molar-refractivity contribution in [2.24, 2.45) is 0 Å². The molecular weight excluding hydrogens is 1080 g/mol. The van der Waals surface area contributed by atoms with Gasteiger partial charge in [-0.15, -0.1) is 0 Å². The van der Waals surface area contributed by atoms with E-state index in [1.54, 1.807) is 0 Å². The van der Waals surface area contributed by atoms with Gasteiger partial charge < -0.3 is 48.5 Å². The summed E-state index contributed by atoms with van der Waals surface area (Å²) >= 11 is 0. The summed E-state index contributed by atoms with van der Waals surface area (Å²) in [6.45, 7) is 4.55. The fourth-order valence-electron chi connectivity index (χ4n) is 10.6. The van der Waals surface area contributed by atoms with Gasteiger partial charge in [-0.1, -0.05) is 234 Å². The molecule has 0 radical (unpaired) electrons. The first kappa shape index (κ1) is 65.1. The first-order valence-corrected chi connectivity index (χ1v) is 30.9. The molecule has 7 aromatic carbocycles. The summed E-state index contributed by atoms with van der Waals surface area (Å²) in [5.74, 6) is -0.651. The van der Waals surface area contributed by atoms with E-state index in [1.807, 2.05) is 182 Å². The van der Waals surface area contributed by atoms with Crippen LogP contribution in [-0.4, -0.2) is 80.5 Å². The SMILES string of the molecule is CC[C@@H](OCc1ccccc1)[C@@H](OCc1ccccc1)[C@H](CO[C@H]1OC(COCc2ccccc2)[C@H](OCc2ccccc2)C(OCc2ccccc2)C1OCc1ccccc1)NC(=O)CCCCCCCCCCCNC(=O)c1ccc(F)cc1. The summed E-state index contributed by atoms with van der Waals surface area (Å²) in [4.78, 5) is 26.9. The maximum absolute atomic E-state index is 14.5. The van der Waals surface area contributed by atoms with Crippen LogP contribution in [0, 0.1) is 5.82 Å². The maximum atomic E-state index is 14.5. The van der Waals surface area contributed by atoms with E-state index in [4.69, 9.17) is 37.9 Å². The zero-order chi connectivity index (χ0) is 59.6. The van der Waals surface area contributed by atoms with E-state index in [-0.39, 0.29) is 57.3 Å². The second kappa shape index (κ2) is 37.6. The Morgan fingerprint density at radius 3 is 1.41 bits per heavy atom. The average Bonchev–Trinajstić information content (AvgIpc) is 2.02. The van der Waals surface area contributed by atoms with Crippen LogP contribution in [0.15, 0.2) is 206 Å². The molecule has 13 heteroatoms. The highest BCUT2D eigenvalue weighted by Crippen LogP contribution is 2.33. The highest BCUT2D eigenvalue weighted by molar-refractivity contribution is 5.94. The highest BCUT2D eigenvalue weighted by atomic mass is 19.1. The number of ether oxygens (including phenoxy) is 8. The lowest BCUT2D eigenvalue weighted by atomic mass is 9.97. The van der Waals surface area contributed by atoms with E-state index < -0.39 is 49.0 Å². The molecule has 8 atom stereocenters. The van der Waals surface area contributed by atoms with Crippen molar-refractivity contribution in [3.05, 3.63) is 251 Å². The molecule has 8 rings (SSSR count). The maximum Gasteiger partial charge on any atom is 0.251 e. The Morgan fingerprint density at radius 1 is 0.477 bits per heavy atom. The van der Waals surface area contributed by atoms with Gasteiger partial charge in [0.15, 0.2) is 6.29 Å². The van der Waals surface area contributed by atoms with Crippen LogP contribution in [0.2, 0.25) is 0 Å². The normalized spacial score (nSPS) is 17.8. The molecule has 2 amide bonds. The molecular formula is C73H87FN2O10. The predicted octanol–water partition coefficient (Wildman–Crippen LogP) is 14.2. The fourth-order valence-corrected chi connectivity index (χ4v) is 10.6. The molecule has 7 aromatic rings. The largest absolute Gasteiger partial charge is 0.374 e. The molecule has 0 saturated carbocycles. The van der Waals surface area contributed by atoms with Gasteiger partial charge in [-0.2, -0.15) is 0 Å². The zero-order valence-corrected chi connectivity index (χ0v) is 49.9. The second-order valence-electron chi connectivity index (χ2n) is 22.0. The lowest BCUT2D eigenvalue weighted by molar-refractivity contribution is -0.330. The van der Waals surface area contributed by atoms with Crippen molar-refractivity contribution in [2.45, 2.75) is 166 Å². The number of halogens is 1. The molecule has 2 N–H and O–H groups in total. The predicted molar refractivity (Wildman–Crippen MR) is 333 cm³/mol. The molecule has 1 heterocycles. The smallest absolute Gasteiger partial charge is 0.251 e. The minimum absolute atomic E-state index is 0.0224. The Bertz CT molecular complexity index is 2910. The standard InChI is InChI=1S/C73H87FN2O10/c1-2-65(80-49-57-32-18-11-19-33-57)68(81-50-58-34-20-12-21-35-58)64(76-67(77)42-28-8-6-4-3-5-7-9-29-47-75-72(78)62-43-45-63(74)46-44-62)54-85-73-71(84-53-61-40-26-15-27-41-61)70(83-52-60-38-24-14-25-39-60)69(82-51-59-36-22-13-23-37-59)66(86-73)55-79-48-56-30-16-10-17-31-56/h10-27,30-41,43-46,64-66,68-71,73H,2-9,28-29,42,47-55H2,1H3,(H,75,78)(H,76,77)/t64-,65+,66?,68-,69-,70?,71?,73-/m0/s1. The molecule has 1 aliphatic rings. The van der Waals surface area contributed by atoms with Crippen molar-refractivity contribution in [1.29, 1.82) is 0 Å². The fraction of sp³-hybridized carbons (Fsp3) is 0.397. The summed E-state index contributed by atoms with van der Waals surface area (Å²) < 4.78 is 68.9. The van der Waals surface area contributed by atoms with E-state index >= 15 is 0 Å². The molecule has 12 nitrogen and oxygen atoms in total. The number of nitrogens with one attached hydrogen (secondary N) is 2. The Hall–Kier alpha value is -6.91. The van der Waals surface area contributed by atoms with Gasteiger partial charge in [0.1, 0.15) is 36.3 Å². The average molecular weight is 1170 g/mol. The van der Waals surface area contributed by atoms with Crippen molar-refractivity contribution >= 4 is 11.8 Å². The third kappa shape index (κ3) is 22.7. The lowest BCUT2D eigenvalue weighted by Gasteiger charge is -2.46. The van der Waals surface area contributed by atoms with Crippen LogP contribution in [0.1, 0.15) is 121 Å². The van der Waals surface area contributed by atoms with Gasteiger partial charge in [0.2, 0.25) is 5.91 Å². The number of rotatable bonds is 39. The summed E-state index contributed by atoms with van der Waals surface area (Å²) in [6.07, 6.45) is 4.78. The third-order valence-corrected chi connectivity index (χ3v) is 15.4. The van der Waals surface area contributed by atoms with Gasteiger partial charge in [-0.3, -0.25) is 9.59 Å². The topological polar surface area (TPSA) is 132 Å². The highest BCUT2D eigenvalue weighted by Gasteiger charge is 2.50. The van der Waals surface area contributed by atoms with Crippen molar-refractivity contribution in [1.82, 2.24) is 10.6 Å². The molecule has 0 aliphatic carbocycles. The first-order chi connectivity index (χ1) is 42.4. The van der Waals surface area contributed by atoms with Crippen molar-refractivity contribution < 1.29 is 51.9 Å². The summed E-state index contributed by atoms with van der Waals surface area (Å²) in [7, 11) is 0. The minimum Gasteiger partial charge on any atom is -0.374 e. The molecule has 1 saturated heterocycles. The van der Waals surface area contributed by atoms with Gasteiger partial charge >= 0.3 is 0 Å². The van der Waals surface area contributed by atoms with E-state index in [0.29, 0.717) is 38.2 Å². The van der Waals surface area contributed by atoms with Crippen LogP contribution in [0.25, 0.3) is 0 Å². The Labute approximate surface area is 509 Å². The van der Waals surface area contributed by atoms with E-state index in [1.165, 1.54) is 24.3 Å². The van der Waals surface area contributed by atoms with E-state index in [0.717, 1.165) is 91.2 Å². The molecule has 1 fully saturated rings. The van der Waals surface area contributed by atoms with Crippen LogP contribution in [0.3, 0.4) is 0 Å². The van der Waals surface area contributed by atoms with Crippen LogP contribution < -0.4 is 10.6 Å². The summed E-state index contributed by atoms with van der Waals surface area (Å²) in [5, 5.41) is 6.35. The molecule has 0 aromatic heterocycles. The minimum atomic E-state index is -1.03. The van der Waals surface area contributed by atoms with Crippen molar-refractivity contribution in [3.63, 3.8) is 0 Å². The monoisotopic (exact) mass is 1170 g/mol. The Kier molecular flexibility index (Phi) is 28.5. The molecule has 456 valence electrons. The van der Waals surface area contributed by atoms with Crippen LogP contribution in [-0.2, 0) is 82.3 Å². The van der Waals surface area contributed by atoms with E-state index in [9.17, 15) is 14.0 Å². The number of hydrogen-bond donors (Lipinski definition) is 2. The van der Waals surface area contributed by atoms with Gasteiger partial charge in [-0.25, -0.2) is 4.39 Å². The van der Waals surface area contributed by atoms with Crippen LogP contribution in [0.5, 0.6) is 0 Å². The Morgan fingerprint density at radius 2 is 0.907 bits per heavy atom. The van der Waals surface area contributed by atoms with Gasteiger partial charge in [0.05, 0.1) is 65.0 Å². The number of unbranched alkanes of at least 4 members (excludes halogenated alkanes) is 8. The number of benzene rings is 7. The number of hydrogen-bond acceptors (Lipinski definition) is 10. The van der Waals surface area contributed by atoms with Crippen molar-refractivity contribution in [2.75, 3.05) is 19.8 Å². The number of amides is 2. The second-order valence-corrected chi connectivity index (χ2v) is 22.0. The first-order valence-electron chi connectivity index (χ1n) is 30.9. The van der Waals surface area contributed by atoms with Gasteiger partial charge in [0, 0.05) is 18.5 Å². The molecule has 1 aliphatic heterocycles. The quantitative estimate of drug-likeness (QED) is 0.0359. The zero-order valence-electron chi connectivity index (χ0n) is 49.9.